The lowest BCUT2D eigenvalue weighted by Crippen LogP contribution is -2.38. The van der Waals surface area contributed by atoms with Crippen molar-refractivity contribution in [2.75, 3.05) is 43.5 Å². The van der Waals surface area contributed by atoms with E-state index in [1.807, 2.05) is 31.2 Å². The number of hydrogen-bond acceptors (Lipinski definition) is 5. The summed E-state index contributed by atoms with van der Waals surface area (Å²) in [7, 11) is 0. The molecule has 0 bridgehead atoms. The zero-order valence-electron chi connectivity index (χ0n) is 18.7. The number of carbonyl (C=O) groups is 2. The van der Waals surface area contributed by atoms with Gasteiger partial charge in [0.1, 0.15) is 13.2 Å². The van der Waals surface area contributed by atoms with E-state index in [9.17, 15) is 9.59 Å². The van der Waals surface area contributed by atoms with Crippen LogP contribution in [0.1, 0.15) is 33.3 Å². The Hall–Kier alpha value is -3.06. The predicted octanol–water partition coefficient (Wildman–Crippen LogP) is 3.65. The molecule has 2 N–H and O–H groups in total. The average molecular weight is 426 g/mol. The first-order valence-electron chi connectivity index (χ1n) is 10.6. The van der Waals surface area contributed by atoms with E-state index in [0.717, 1.165) is 5.69 Å². The van der Waals surface area contributed by atoms with Crippen LogP contribution < -0.4 is 20.1 Å². The normalized spacial score (nSPS) is 13.1. The van der Waals surface area contributed by atoms with Crippen molar-refractivity contribution < 1.29 is 19.1 Å². The molecular formula is C24H31N3O4. The molecule has 0 unspecified atom stereocenters. The molecule has 31 heavy (non-hydrogen) atoms. The number of nitrogens with zero attached hydrogens (tertiary/aromatic N) is 1. The highest BCUT2D eigenvalue weighted by Gasteiger charge is 2.17. The largest absolute Gasteiger partial charge is 0.486 e. The van der Waals surface area contributed by atoms with Gasteiger partial charge in [-0.05, 0) is 41.8 Å². The summed E-state index contributed by atoms with van der Waals surface area (Å²) in [6.45, 7) is 10.2. The third-order valence-corrected chi connectivity index (χ3v) is 5.04. The summed E-state index contributed by atoms with van der Waals surface area (Å²) in [6, 6.07) is 13.2. The van der Waals surface area contributed by atoms with Crippen molar-refractivity contribution in [3.05, 3.63) is 48.0 Å². The first-order chi connectivity index (χ1) is 14.7. The number of likely N-dealkylation sites (N-methyl/N-ethyl adjacent to an activating group) is 1. The molecular weight excluding hydrogens is 394 g/mol. The fraction of sp³-hybridized carbons (Fsp3) is 0.417. The number of carbonyl (C=O) groups excluding carboxylic acids is 2. The highest BCUT2D eigenvalue weighted by atomic mass is 16.6. The molecule has 0 atom stereocenters. The molecule has 2 aromatic carbocycles. The van der Waals surface area contributed by atoms with Crippen molar-refractivity contribution in [3.63, 3.8) is 0 Å². The van der Waals surface area contributed by atoms with Crippen LogP contribution in [0.5, 0.6) is 11.5 Å². The molecule has 0 aromatic heterocycles. The maximum absolute atomic E-state index is 12.5. The van der Waals surface area contributed by atoms with E-state index in [4.69, 9.17) is 9.47 Å². The van der Waals surface area contributed by atoms with Gasteiger partial charge in [0.25, 0.3) is 0 Å². The molecule has 166 valence electrons. The quantitative estimate of drug-likeness (QED) is 0.708. The molecule has 1 aliphatic rings. The lowest BCUT2D eigenvalue weighted by molar-refractivity contribution is -0.119. The Morgan fingerprint density at radius 3 is 2.00 bits per heavy atom. The van der Waals surface area contributed by atoms with E-state index >= 15 is 0 Å². The van der Waals surface area contributed by atoms with Gasteiger partial charge in [-0.3, -0.25) is 14.5 Å². The molecule has 1 aliphatic heterocycles. The van der Waals surface area contributed by atoms with Crippen LogP contribution in [0.3, 0.4) is 0 Å². The Labute approximate surface area is 183 Å². The Kier molecular flexibility index (Phi) is 7.17. The lowest BCUT2D eigenvalue weighted by atomic mass is 9.87. The average Bonchev–Trinajstić information content (AvgIpc) is 2.72. The summed E-state index contributed by atoms with van der Waals surface area (Å²) >= 11 is 0. The van der Waals surface area contributed by atoms with Crippen molar-refractivity contribution in [3.8, 4) is 11.5 Å². The predicted molar refractivity (Wildman–Crippen MR) is 122 cm³/mol. The SMILES string of the molecule is CCN(CC(=O)Nc1ccc(C(C)(C)C)cc1)CC(=O)Nc1ccc2c(c1)OCCO2. The standard InChI is InChI=1S/C24H31N3O4/c1-5-27(15-22(28)25-18-8-6-17(7-9-18)24(2,3)4)16-23(29)26-19-10-11-20-21(14-19)31-13-12-30-20/h6-11,14H,5,12-13,15-16H2,1-4H3,(H,25,28)(H,26,29). The lowest BCUT2D eigenvalue weighted by Gasteiger charge is -2.21. The molecule has 7 heteroatoms. The number of anilines is 2. The van der Waals surface area contributed by atoms with E-state index in [0.29, 0.717) is 36.9 Å². The second kappa shape index (κ2) is 9.83. The highest BCUT2D eigenvalue weighted by molar-refractivity contribution is 5.94. The Bertz CT molecular complexity index is 919. The molecule has 0 spiro atoms. The van der Waals surface area contributed by atoms with Crippen LogP contribution in [-0.4, -0.2) is 49.6 Å². The van der Waals surface area contributed by atoms with Gasteiger partial charge in [-0.1, -0.05) is 39.8 Å². The first kappa shape index (κ1) is 22.6. The van der Waals surface area contributed by atoms with Gasteiger partial charge in [0.05, 0.1) is 13.1 Å². The van der Waals surface area contributed by atoms with Gasteiger partial charge in [0, 0.05) is 17.4 Å². The molecule has 0 fully saturated rings. The summed E-state index contributed by atoms with van der Waals surface area (Å²) in [5, 5.41) is 5.75. The van der Waals surface area contributed by atoms with Gasteiger partial charge in [0.2, 0.25) is 11.8 Å². The van der Waals surface area contributed by atoms with Crippen molar-refractivity contribution in [2.24, 2.45) is 0 Å². The maximum atomic E-state index is 12.5. The minimum Gasteiger partial charge on any atom is -0.486 e. The van der Waals surface area contributed by atoms with Gasteiger partial charge in [-0.15, -0.1) is 0 Å². The number of ether oxygens (including phenoxy) is 2. The minimum absolute atomic E-state index is 0.0616. The summed E-state index contributed by atoms with van der Waals surface area (Å²) in [5.74, 6) is 0.943. The Morgan fingerprint density at radius 1 is 0.871 bits per heavy atom. The van der Waals surface area contributed by atoms with Crippen LogP contribution in [0, 0.1) is 0 Å². The van der Waals surface area contributed by atoms with E-state index in [1.54, 1.807) is 23.1 Å². The Morgan fingerprint density at radius 2 is 1.42 bits per heavy atom. The molecule has 0 aliphatic carbocycles. The molecule has 0 saturated heterocycles. The van der Waals surface area contributed by atoms with Gasteiger partial charge in [-0.25, -0.2) is 0 Å². The second-order valence-electron chi connectivity index (χ2n) is 8.59. The Balaban J connectivity index is 1.51. The van der Waals surface area contributed by atoms with E-state index in [2.05, 4.69) is 31.4 Å². The smallest absolute Gasteiger partial charge is 0.238 e. The topological polar surface area (TPSA) is 79.9 Å². The van der Waals surface area contributed by atoms with Crippen LogP contribution in [0.2, 0.25) is 0 Å². The number of fused-ring (bicyclic) bond motifs is 1. The fourth-order valence-corrected chi connectivity index (χ4v) is 3.26. The number of rotatable bonds is 7. The third kappa shape index (κ3) is 6.46. The molecule has 0 saturated carbocycles. The number of amides is 2. The van der Waals surface area contributed by atoms with Crippen molar-refractivity contribution in [2.45, 2.75) is 33.1 Å². The monoisotopic (exact) mass is 425 g/mol. The summed E-state index contributed by atoms with van der Waals surface area (Å²) in [4.78, 5) is 26.7. The number of hydrogen-bond donors (Lipinski definition) is 2. The minimum atomic E-state index is -0.194. The van der Waals surface area contributed by atoms with Crippen LogP contribution in [0.4, 0.5) is 11.4 Å². The van der Waals surface area contributed by atoms with Crippen molar-refractivity contribution >= 4 is 23.2 Å². The second-order valence-corrected chi connectivity index (χ2v) is 8.59. The number of benzene rings is 2. The molecule has 2 amide bonds. The van der Waals surface area contributed by atoms with Crippen LogP contribution in [0.25, 0.3) is 0 Å². The summed E-state index contributed by atoms with van der Waals surface area (Å²) in [5.41, 5.74) is 2.64. The van der Waals surface area contributed by atoms with Gasteiger partial charge < -0.3 is 20.1 Å². The zero-order valence-corrected chi connectivity index (χ0v) is 18.7. The van der Waals surface area contributed by atoms with E-state index < -0.39 is 0 Å². The molecule has 7 nitrogen and oxygen atoms in total. The van der Waals surface area contributed by atoms with Crippen molar-refractivity contribution in [1.29, 1.82) is 0 Å². The van der Waals surface area contributed by atoms with Gasteiger partial charge in [-0.2, -0.15) is 0 Å². The van der Waals surface area contributed by atoms with Gasteiger partial charge in [0.15, 0.2) is 11.5 Å². The van der Waals surface area contributed by atoms with Gasteiger partial charge >= 0.3 is 0 Å². The summed E-state index contributed by atoms with van der Waals surface area (Å²) in [6.07, 6.45) is 0. The fourth-order valence-electron chi connectivity index (χ4n) is 3.26. The summed E-state index contributed by atoms with van der Waals surface area (Å²) < 4.78 is 11.0. The first-order valence-corrected chi connectivity index (χ1v) is 10.6. The van der Waals surface area contributed by atoms with E-state index in [1.165, 1.54) is 5.56 Å². The molecule has 2 aromatic rings. The molecule has 3 rings (SSSR count). The van der Waals surface area contributed by atoms with Crippen LogP contribution >= 0.6 is 0 Å². The van der Waals surface area contributed by atoms with Crippen LogP contribution in [0.15, 0.2) is 42.5 Å². The molecule has 0 radical (unpaired) electrons. The maximum Gasteiger partial charge on any atom is 0.238 e. The number of nitrogens with one attached hydrogen (secondary N) is 2. The molecule has 1 heterocycles. The van der Waals surface area contributed by atoms with Crippen LogP contribution in [-0.2, 0) is 15.0 Å². The van der Waals surface area contributed by atoms with Crippen molar-refractivity contribution in [1.82, 2.24) is 4.90 Å². The highest BCUT2D eigenvalue weighted by Crippen LogP contribution is 2.32. The zero-order chi connectivity index (χ0) is 22.4. The third-order valence-electron chi connectivity index (χ3n) is 5.04. The van der Waals surface area contributed by atoms with E-state index in [-0.39, 0.29) is 30.3 Å².